The van der Waals surface area contributed by atoms with Crippen molar-refractivity contribution in [3.8, 4) is 11.5 Å². The van der Waals surface area contributed by atoms with Crippen LogP contribution >= 0.6 is 0 Å². The predicted molar refractivity (Wildman–Crippen MR) is 71.0 cm³/mol. The number of rotatable bonds is 4. The molecule has 98 valence electrons. The quantitative estimate of drug-likeness (QED) is 0.831. The summed E-state index contributed by atoms with van der Waals surface area (Å²) in [5, 5.41) is 9.76. The first kappa shape index (κ1) is 13.0. The molecule has 1 unspecified atom stereocenters. The fourth-order valence-corrected chi connectivity index (χ4v) is 2.13. The van der Waals surface area contributed by atoms with Crippen LogP contribution in [0.15, 0.2) is 30.4 Å². The van der Waals surface area contributed by atoms with E-state index in [0.717, 1.165) is 30.6 Å². The second kappa shape index (κ2) is 5.91. The number of aliphatic hydroxyl groups is 1. The summed E-state index contributed by atoms with van der Waals surface area (Å²) in [6, 6.07) is 5.53. The minimum Gasteiger partial charge on any atom is -0.497 e. The SMILES string of the molecule is COc1ccc([C@@H](C)O)c(OC2C=CCCC2)c1. The number of hydrogen-bond acceptors (Lipinski definition) is 3. The Bertz CT molecular complexity index is 424. The van der Waals surface area contributed by atoms with Crippen molar-refractivity contribution in [3.63, 3.8) is 0 Å². The van der Waals surface area contributed by atoms with E-state index in [1.54, 1.807) is 14.0 Å². The van der Waals surface area contributed by atoms with E-state index in [9.17, 15) is 5.11 Å². The van der Waals surface area contributed by atoms with E-state index in [1.807, 2.05) is 18.2 Å². The molecule has 1 aromatic rings. The van der Waals surface area contributed by atoms with E-state index in [0.29, 0.717) is 5.75 Å². The molecule has 0 saturated heterocycles. The van der Waals surface area contributed by atoms with Crippen LogP contribution in [0.2, 0.25) is 0 Å². The lowest BCUT2D eigenvalue weighted by Crippen LogP contribution is -2.17. The van der Waals surface area contributed by atoms with E-state index in [4.69, 9.17) is 9.47 Å². The molecule has 0 spiro atoms. The van der Waals surface area contributed by atoms with Gasteiger partial charge in [-0.2, -0.15) is 0 Å². The van der Waals surface area contributed by atoms with Gasteiger partial charge < -0.3 is 14.6 Å². The van der Waals surface area contributed by atoms with Gasteiger partial charge >= 0.3 is 0 Å². The van der Waals surface area contributed by atoms with Gasteiger partial charge in [-0.15, -0.1) is 0 Å². The third-order valence-electron chi connectivity index (χ3n) is 3.16. The van der Waals surface area contributed by atoms with E-state index < -0.39 is 6.10 Å². The standard InChI is InChI=1S/C15H20O3/c1-11(16)14-9-8-13(17-2)10-15(14)18-12-6-4-3-5-7-12/h4,6,8-12,16H,3,5,7H2,1-2H3/t11-,12?/m1/s1. The van der Waals surface area contributed by atoms with Gasteiger partial charge in [0.15, 0.2) is 0 Å². The van der Waals surface area contributed by atoms with Crippen molar-refractivity contribution in [1.29, 1.82) is 0 Å². The van der Waals surface area contributed by atoms with Gasteiger partial charge in [-0.1, -0.05) is 6.08 Å². The Balaban J connectivity index is 2.22. The molecule has 2 rings (SSSR count). The van der Waals surface area contributed by atoms with Gasteiger partial charge in [0.05, 0.1) is 13.2 Å². The molecule has 0 radical (unpaired) electrons. The van der Waals surface area contributed by atoms with Crippen LogP contribution in [0.1, 0.15) is 37.9 Å². The highest BCUT2D eigenvalue weighted by molar-refractivity contribution is 5.42. The maximum atomic E-state index is 9.76. The molecule has 1 N–H and O–H groups in total. The van der Waals surface area contributed by atoms with Crippen molar-refractivity contribution < 1.29 is 14.6 Å². The summed E-state index contributed by atoms with van der Waals surface area (Å²) in [5.74, 6) is 1.45. The third kappa shape index (κ3) is 3.05. The van der Waals surface area contributed by atoms with Gasteiger partial charge in [0.25, 0.3) is 0 Å². The molecule has 0 bridgehead atoms. The second-order valence-corrected chi connectivity index (χ2v) is 4.60. The number of aliphatic hydroxyl groups excluding tert-OH is 1. The van der Waals surface area contributed by atoms with Gasteiger partial charge in [-0.25, -0.2) is 0 Å². The second-order valence-electron chi connectivity index (χ2n) is 4.60. The zero-order valence-corrected chi connectivity index (χ0v) is 10.9. The fourth-order valence-electron chi connectivity index (χ4n) is 2.13. The van der Waals surface area contributed by atoms with Crippen LogP contribution in [0.3, 0.4) is 0 Å². The van der Waals surface area contributed by atoms with Crippen molar-refractivity contribution in [2.24, 2.45) is 0 Å². The van der Waals surface area contributed by atoms with Crippen LogP contribution in [-0.2, 0) is 0 Å². The van der Waals surface area contributed by atoms with Crippen molar-refractivity contribution in [2.75, 3.05) is 7.11 Å². The predicted octanol–water partition coefficient (Wildman–Crippen LogP) is 3.24. The lowest BCUT2D eigenvalue weighted by Gasteiger charge is -2.21. The Morgan fingerprint density at radius 3 is 2.83 bits per heavy atom. The molecule has 1 aliphatic rings. The summed E-state index contributed by atoms with van der Waals surface area (Å²) in [6.07, 6.45) is 7.09. The minimum absolute atomic E-state index is 0.100. The molecular formula is C15H20O3. The molecule has 0 heterocycles. The smallest absolute Gasteiger partial charge is 0.129 e. The monoisotopic (exact) mass is 248 g/mol. The van der Waals surface area contributed by atoms with Gasteiger partial charge in [0.1, 0.15) is 17.6 Å². The van der Waals surface area contributed by atoms with E-state index >= 15 is 0 Å². The number of ether oxygens (including phenoxy) is 2. The number of hydrogen-bond donors (Lipinski definition) is 1. The summed E-state index contributed by atoms with van der Waals surface area (Å²) >= 11 is 0. The largest absolute Gasteiger partial charge is 0.497 e. The number of benzene rings is 1. The third-order valence-corrected chi connectivity index (χ3v) is 3.16. The number of methoxy groups -OCH3 is 1. The molecule has 1 aromatic carbocycles. The van der Waals surface area contributed by atoms with Gasteiger partial charge in [-0.05, 0) is 44.4 Å². The highest BCUT2D eigenvalue weighted by Gasteiger charge is 2.15. The van der Waals surface area contributed by atoms with E-state index in [2.05, 4.69) is 12.2 Å². The summed E-state index contributed by atoms with van der Waals surface area (Å²) in [6.45, 7) is 1.74. The van der Waals surface area contributed by atoms with Crippen molar-refractivity contribution in [1.82, 2.24) is 0 Å². The molecule has 1 aliphatic carbocycles. The molecule has 0 saturated carbocycles. The van der Waals surface area contributed by atoms with Crippen LogP contribution in [0, 0.1) is 0 Å². The van der Waals surface area contributed by atoms with Crippen LogP contribution in [0.4, 0.5) is 0 Å². The fraction of sp³-hybridized carbons (Fsp3) is 0.467. The molecule has 0 fully saturated rings. The highest BCUT2D eigenvalue weighted by Crippen LogP contribution is 2.31. The average Bonchev–Trinajstić information content (AvgIpc) is 2.39. The molecule has 0 aromatic heterocycles. The maximum absolute atomic E-state index is 9.76. The Morgan fingerprint density at radius 2 is 2.22 bits per heavy atom. The van der Waals surface area contributed by atoms with Crippen LogP contribution in [0.5, 0.6) is 11.5 Å². The van der Waals surface area contributed by atoms with Crippen molar-refractivity contribution in [3.05, 3.63) is 35.9 Å². The Morgan fingerprint density at radius 1 is 1.39 bits per heavy atom. The van der Waals surface area contributed by atoms with Crippen molar-refractivity contribution in [2.45, 2.75) is 38.4 Å². The Hall–Kier alpha value is -1.48. The normalized spacial score (nSPS) is 20.5. The first-order chi connectivity index (χ1) is 8.70. The summed E-state index contributed by atoms with van der Waals surface area (Å²) in [4.78, 5) is 0. The van der Waals surface area contributed by atoms with Crippen LogP contribution < -0.4 is 9.47 Å². The minimum atomic E-state index is -0.543. The van der Waals surface area contributed by atoms with Crippen LogP contribution in [-0.4, -0.2) is 18.3 Å². The van der Waals surface area contributed by atoms with E-state index in [1.165, 1.54) is 0 Å². The summed E-state index contributed by atoms with van der Waals surface area (Å²) in [7, 11) is 1.63. The lowest BCUT2D eigenvalue weighted by atomic mass is 10.0. The Labute approximate surface area is 108 Å². The molecule has 0 amide bonds. The molecule has 2 atom stereocenters. The first-order valence-corrected chi connectivity index (χ1v) is 6.40. The molecule has 3 nitrogen and oxygen atoms in total. The average molecular weight is 248 g/mol. The maximum Gasteiger partial charge on any atom is 0.129 e. The zero-order chi connectivity index (χ0) is 13.0. The summed E-state index contributed by atoms with van der Waals surface area (Å²) in [5.41, 5.74) is 0.801. The molecule has 3 heteroatoms. The van der Waals surface area contributed by atoms with E-state index in [-0.39, 0.29) is 6.10 Å². The van der Waals surface area contributed by atoms with Gasteiger partial charge in [0, 0.05) is 11.6 Å². The van der Waals surface area contributed by atoms with Crippen molar-refractivity contribution >= 4 is 0 Å². The molecule has 0 aliphatic heterocycles. The van der Waals surface area contributed by atoms with Gasteiger partial charge in [0.2, 0.25) is 0 Å². The zero-order valence-electron chi connectivity index (χ0n) is 10.9. The first-order valence-electron chi connectivity index (χ1n) is 6.40. The van der Waals surface area contributed by atoms with Gasteiger partial charge in [-0.3, -0.25) is 0 Å². The Kier molecular flexibility index (Phi) is 4.26. The molecule has 18 heavy (non-hydrogen) atoms. The molecular weight excluding hydrogens is 228 g/mol. The lowest BCUT2D eigenvalue weighted by molar-refractivity contribution is 0.180. The number of allylic oxidation sites excluding steroid dienone is 1. The highest BCUT2D eigenvalue weighted by atomic mass is 16.5. The van der Waals surface area contributed by atoms with Crippen LogP contribution in [0.25, 0.3) is 0 Å². The topological polar surface area (TPSA) is 38.7 Å². The summed E-state index contributed by atoms with van der Waals surface area (Å²) < 4.78 is 11.2.